The normalized spacial score (nSPS) is 10.3. The van der Waals surface area contributed by atoms with E-state index < -0.39 is 0 Å². The zero-order valence-corrected chi connectivity index (χ0v) is 13.2. The van der Waals surface area contributed by atoms with E-state index in [4.69, 9.17) is 12.2 Å². The topological polar surface area (TPSA) is 50.7 Å². The van der Waals surface area contributed by atoms with Gasteiger partial charge < -0.3 is 0 Å². The smallest absolute Gasteiger partial charge is 0.272 e. The van der Waals surface area contributed by atoms with E-state index in [0.29, 0.717) is 10.5 Å². The molecular weight excluding hydrogens is 306 g/mol. The molecule has 112 valence electrons. The number of hydrogen-bond donors (Lipinski definition) is 0. The van der Waals surface area contributed by atoms with Gasteiger partial charge in [0, 0.05) is 18.3 Å². The second kappa shape index (κ2) is 6.03. The van der Waals surface area contributed by atoms with Gasteiger partial charge in [0.25, 0.3) is 5.56 Å². The van der Waals surface area contributed by atoms with Gasteiger partial charge in [0.05, 0.1) is 5.69 Å². The highest BCUT2D eigenvalue weighted by Gasteiger charge is 2.18. The highest BCUT2D eigenvalue weighted by Crippen LogP contribution is 2.25. The van der Waals surface area contributed by atoms with E-state index >= 15 is 0 Å². The first-order valence-corrected chi connectivity index (χ1v) is 7.43. The van der Waals surface area contributed by atoms with Crippen LogP contribution in [0.5, 0.6) is 0 Å². The molecule has 0 aliphatic rings. The van der Waals surface area contributed by atoms with Crippen LogP contribution in [0.3, 0.4) is 0 Å². The molecule has 1 aromatic heterocycles. The largest absolute Gasteiger partial charge is 0.287 e. The molecule has 0 fully saturated rings. The molecule has 1 heterocycles. The quantitative estimate of drug-likeness (QED) is 0.680. The Kier molecular flexibility index (Phi) is 3.92. The lowest BCUT2D eigenvalue weighted by Gasteiger charge is -2.17. The van der Waals surface area contributed by atoms with Crippen LogP contribution >= 0.6 is 12.2 Å². The third-order valence-electron chi connectivity index (χ3n) is 3.63. The molecule has 0 amide bonds. The summed E-state index contributed by atoms with van der Waals surface area (Å²) >= 11 is 5.47. The van der Waals surface area contributed by atoms with Crippen molar-refractivity contribution in [1.82, 2.24) is 9.13 Å². The molecule has 2 aromatic carbocycles. The monoisotopic (exact) mass is 319 g/mol. The van der Waals surface area contributed by atoms with Crippen LogP contribution in [0.4, 0.5) is 0 Å². The average molecular weight is 319 g/mol. The third kappa shape index (κ3) is 2.50. The molecular formula is C18H13N3OS. The average Bonchev–Trinajstić information content (AvgIpc) is 2.61. The van der Waals surface area contributed by atoms with Crippen LogP contribution in [0.1, 0.15) is 5.56 Å². The first kappa shape index (κ1) is 14.9. The molecule has 0 spiro atoms. The lowest BCUT2D eigenvalue weighted by molar-refractivity contribution is 0.761. The Morgan fingerprint density at radius 2 is 1.57 bits per heavy atom. The number of aromatic nitrogens is 2. The molecule has 3 aromatic rings. The van der Waals surface area contributed by atoms with Crippen molar-refractivity contribution in [2.75, 3.05) is 0 Å². The molecule has 0 aliphatic carbocycles. The molecule has 3 rings (SSSR count). The van der Waals surface area contributed by atoms with Gasteiger partial charge in [-0.05, 0) is 24.4 Å². The summed E-state index contributed by atoms with van der Waals surface area (Å²) in [5.74, 6) is 0. The summed E-state index contributed by atoms with van der Waals surface area (Å²) < 4.78 is 3.44. The van der Waals surface area contributed by atoms with Crippen molar-refractivity contribution in [2.24, 2.45) is 7.05 Å². The molecule has 0 aliphatic heterocycles. The van der Waals surface area contributed by atoms with Crippen LogP contribution in [0, 0.1) is 16.1 Å². The Hall–Kier alpha value is -2.97. The Morgan fingerprint density at radius 3 is 2.13 bits per heavy atom. The van der Waals surface area contributed by atoms with Crippen molar-refractivity contribution in [2.45, 2.75) is 0 Å². The van der Waals surface area contributed by atoms with Crippen molar-refractivity contribution in [3.8, 4) is 23.0 Å². The minimum atomic E-state index is -0.386. The van der Waals surface area contributed by atoms with Gasteiger partial charge in [-0.1, -0.05) is 48.5 Å². The molecule has 0 bridgehead atoms. The van der Waals surface area contributed by atoms with Crippen molar-refractivity contribution in [1.29, 1.82) is 5.26 Å². The Balaban J connectivity index is 2.53. The lowest BCUT2D eigenvalue weighted by Crippen LogP contribution is -2.26. The molecule has 0 saturated carbocycles. The molecule has 0 atom stereocenters. The Labute approximate surface area is 138 Å². The van der Waals surface area contributed by atoms with Gasteiger partial charge in [0.1, 0.15) is 11.6 Å². The molecule has 0 saturated heterocycles. The molecule has 0 unspecified atom stereocenters. The first-order valence-electron chi connectivity index (χ1n) is 7.02. The fourth-order valence-electron chi connectivity index (χ4n) is 2.50. The van der Waals surface area contributed by atoms with E-state index in [1.54, 1.807) is 11.6 Å². The standard InChI is InChI=1S/C18H13N3OS/c1-20-17(22)15(12-19)16(13-8-4-2-5-9-13)21(18(20)23)14-10-6-3-7-11-14/h2-11H,1H3. The van der Waals surface area contributed by atoms with Crippen molar-refractivity contribution in [3.05, 3.63) is 81.4 Å². The van der Waals surface area contributed by atoms with E-state index in [9.17, 15) is 10.1 Å². The summed E-state index contributed by atoms with van der Waals surface area (Å²) in [7, 11) is 1.58. The highest BCUT2D eigenvalue weighted by atomic mass is 32.1. The van der Waals surface area contributed by atoms with Gasteiger partial charge in [0.15, 0.2) is 4.77 Å². The van der Waals surface area contributed by atoms with Gasteiger partial charge >= 0.3 is 0 Å². The van der Waals surface area contributed by atoms with Crippen LogP contribution < -0.4 is 5.56 Å². The minimum absolute atomic E-state index is 0.0798. The molecule has 23 heavy (non-hydrogen) atoms. The lowest BCUT2D eigenvalue weighted by atomic mass is 10.1. The SMILES string of the molecule is Cn1c(=O)c(C#N)c(-c2ccccc2)n(-c2ccccc2)c1=S. The molecule has 0 N–H and O–H groups in total. The second-order valence-electron chi connectivity index (χ2n) is 5.02. The number of hydrogen-bond acceptors (Lipinski definition) is 3. The number of para-hydroxylation sites is 1. The second-order valence-corrected chi connectivity index (χ2v) is 5.38. The third-order valence-corrected chi connectivity index (χ3v) is 4.09. The van der Waals surface area contributed by atoms with Gasteiger partial charge in [-0.25, -0.2) is 0 Å². The fraction of sp³-hybridized carbons (Fsp3) is 0.0556. The fourth-order valence-corrected chi connectivity index (χ4v) is 2.78. The van der Waals surface area contributed by atoms with E-state index in [-0.39, 0.29) is 11.1 Å². The van der Waals surface area contributed by atoms with Crippen LogP contribution in [0.25, 0.3) is 16.9 Å². The summed E-state index contributed by atoms with van der Waals surface area (Å²) in [4.78, 5) is 12.5. The number of nitrogens with zero attached hydrogens (tertiary/aromatic N) is 3. The summed E-state index contributed by atoms with van der Waals surface area (Å²) in [5, 5.41) is 9.54. The highest BCUT2D eigenvalue weighted by molar-refractivity contribution is 7.71. The number of nitriles is 1. The summed E-state index contributed by atoms with van der Waals surface area (Å²) in [6.07, 6.45) is 0. The van der Waals surface area contributed by atoms with Gasteiger partial charge in [-0.2, -0.15) is 5.26 Å². The van der Waals surface area contributed by atoms with Crippen LogP contribution in [0.15, 0.2) is 65.5 Å². The van der Waals surface area contributed by atoms with Crippen LogP contribution in [-0.4, -0.2) is 9.13 Å². The van der Waals surface area contributed by atoms with Gasteiger partial charge in [0.2, 0.25) is 0 Å². The summed E-state index contributed by atoms with van der Waals surface area (Å²) in [6, 6.07) is 20.9. The molecule has 4 nitrogen and oxygen atoms in total. The van der Waals surface area contributed by atoms with E-state index in [2.05, 4.69) is 0 Å². The minimum Gasteiger partial charge on any atom is -0.287 e. The maximum absolute atomic E-state index is 12.5. The van der Waals surface area contributed by atoms with Crippen molar-refractivity contribution < 1.29 is 0 Å². The number of benzene rings is 2. The van der Waals surface area contributed by atoms with Gasteiger partial charge in [-0.15, -0.1) is 0 Å². The van der Waals surface area contributed by atoms with Crippen LogP contribution in [-0.2, 0) is 7.05 Å². The predicted molar refractivity (Wildman–Crippen MR) is 92.0 cm³/mol. The van der Waals surface area contributed by atoms with E-state index in [0.717, 1.165) is 11.3 Å². The number of rotatable bonds is 2. The van der Waals surface area contributed by atoms with E-state index in [1.807, 2.05) is 66.7 Å². The predicted octanol–water partition coefficient (Wildman–Crippen LogP) is 3.44. The zero-order chi connectivity index (χ0) is 16.4. The van der Waals surface area contributed by atoms with Crippen molar-refractivity contribution >= 4 is 12.2 Å². The molecule has 5 heteroatoms. The Morgan fingerprint density at radius 1 is 1.00 bits per heavy atom. The first-order chi connectivity index (χ1) is 11.1. The van der Waals surface area contributed by atoms with E-state index in [1.165, 1.54) is 4.57 Å². The van der Waals surface area contributed by atoms with Crippen LogP contribution in [0.2, 0.25) is 0 Å². The van der Waals surface area contributed by atoms with Gasteiger partial charge in [-0.3, -0.25) is 13.9 Å². The summed E-state index contributed by atoms with van der Waals surface area (Å²) in [6.45, 7) is 0. The zero-order valence-electron chi connectivity index (χ0n) is 12.4. The summed E-state index contributed by atoms with van der Waals surface area (Å²) in [5.41, 5.74) is 1.80. The maximum Gasteiger partial charge on any atom is 0.272 e. The molecule has 0 radical (unpaired) electrons. The van der Waals surface area contributed by atoms with Crippen molar-refractivity contribution in [3.63, 3.8) is 0 Å². The maximum atomic E-state index is 12.5. The Bertz CT molecular complexity index is 1010.